The normalized spacial score (nSPS) is 24.1. The number of fused-ring (bicyclic) bond motifs is 2. The second-order valence-corrected chi connectivity index (χ2v) is 9.50. The number of carbonyl (C=O) groups is 1. The van der Waals surface area contributed by atoms with E-state index < -0.39 is 11.4 Å². The third-order valence-corrected chi connectivity index (χ3v) is 7.36. The largest absolute Gasteiger partial charge is 0.507 e. The van der Waals surface area contributed by atoms with E-state index in [0.717, 1.165) is 32.5 Å². The molecule has 1 aromatic heterocycles. The minimum Gasteiger partial charge on any atom is -0.507 e. The van der Waals surface area contributed by atoms with Crippen LogP contribution in [0, 0.1) is 5.82 Å². The van der Waals surface area contributed by atoms with Crippen LogP contribution >= 0.6 is 11.6 Å². The molecule has 174 valence electrons. The third-order valence-electron chi connectivity index (χ3n) is 7.01. The van der Waals surface area contributed by atoms with Crippen molar-refractivity contribution in [2.75, 3.05) is 44.4 Å². The van der Waals surface area contributed by atoms with Crippen LogP contribution in [0.5, 0.6) is 11.5 Å². The van der Waals surface area contributed by atoms with Crippen LogP contribution in [0.4, 0.5) is 10.2 Å². The van der Waals surface area contributed by atoms with Gasteiger partial charge in [-0.05, 0) is 25.0 Å². The van der Waals surface area contributed by atoms with Crippen LogP contribution in [0.25, 0.3) is 11.3 Å². The molecule has 1 saturated carbocycles. The number of benzene rings is 1. The first-order chi connectivity index (χ1) is 16.0. The van der Waals surface area contributed by atoms with Crippen LogP contribution in [0.15, 0.2) is 18.2 Å². The molecule has 0 unspecified atom stereocenters. The summed E-state index contributed by atoms with van der Waals surface area (Å²) in [5.41, 5.74) is 0.220. The number of nitrogens with zero attached hydrogens (tertiary/aromatic N) is 3. The van der Waals surface area contributed by atoms with Crippen LogP contribution in [-0.4, -0.2) is 71.9 Å². The number of hydrogen-bond acceptors (Lipinski definition) is 7. The fourth-order valence-electron chi connectivity index (χ4n) is 5.09. The average molecular weight is 475 g/mol. The lowest BCUT2D eigenvalue weighted by molar-refractivity contribution is -0.128. The summed E-state index contributed by atoms with van der Waals surface area (Å²) in [6.45, 7) is 3.73. The van der Waals surface area contributed by atoms with Crippen LogP contribution in [0.2, 0.25) is 5.02 Å². The van der Waals surface area contributed by atoms with Gasteiger partial charge >= 0.3 is 0 Å². The zero-order valence-corrected chi connectivity index (χ0v) is 18.7. The lowest BCUT2D eigenvalue weighted by atomic mass is 10.0. The smallest absolute Gasteiger partial charge is 0.254 e. The van der Waals surface area contributed by atoms with E-state index in [-0.39, 0.29) is 40.6 Å². The zero-order valence-electron chi connectivity index (χ0n) is 17.9. The van der Waals surface area contributed by atoms with E-state index in [0.29, 0.717) is 36.9 Å². The van der Waals surface area contributed by atoms with Crippen LogP contribution < -0.4 is 15.0 Å². The zero-order chi connectivity index (χ0) is 22.7. The first kappa shape index (κ1) is 21.1. The van der Waals surface area contributed by atoms with Gasteiger partial charge in [0.1, 0.15) is 47.1 Å². The topological polar surface area (TPSA) is 87.2 Å². The van der Waals surface area contributed by atoms with Crippen molar-refractivity contribution in [3.8, 4) is 22.8 Å². The molecule has 1 aliphatic carbocycles. The minimum atomic E-state index is -0.653. The molecule has 1 aromatic carbocycles. The molecule has 8 nitrogen and oxygen atoms in total. The number of phenols is 1. The van der Waals surface area contributed by atoms with Crippen LogP contribution in [0.1, 0.15) is 18.4 Å². The molecular formula is C23H24ClFN4O4. The summed E-state index contributed by atoms with van der Waals surface area (Å²) in [7, 11) is 0. The third kappa shape index (κ3) is 3.37. The Labute approximate surface area is 195 Å². The number of aromatic nitrogens is 1. The van der Waals surface area contributed by atoms with Crippen molar-refractivity contribution in [1.82, 2.24) is 15.2 Å². The highest BCUT2D eigenvalue weighted by Gasteiger charge is 2.55. The van der Waals surface area contributed by atoms with Crippen molar-refractivity contribution in [3.05, 3.63) is 34.6 Å². The first-order valence-electron chi connectivity index (χ1n) is 11.2. The van der Waals surface area contributed by atoms with E-state index in [2.05, 4.69) is 10.2 Å². The summed E-state index contributed by atoms with van der Waals surface area (Å²) >= 11 is 6.78. The van der Waals surface area contributed by atoms with E-state index in [4.69, 9.17) is 26.1 Å². The molecule has 33 heavy (non-hydrogen) atoms. The number of carbonyl (C=O) groups excluding carboxylic acids is 1. The average Bonchev–Trinajstić information content (AvgIpc) is 3.58. The van der Waals surface area contributed by atoms with Crippen molar-refractivity contribution in [1.29, 1.82) is 0 Å². The fraction of sp³-hybridized carbons (Fsp3) is 0.478. The number of piperazine rings is 1. The number of hydrogen-bond donors (Lipinski definition) is 2. The van der Waals surface area contributed by atoms with Gasteiger partial charge in [0.25, 0.3) is 5.91 Å². The highest BCUT2D eigenvalue weighted by Crippen LogP contribution is 2.51. The molecule has 2 N–H and O–H groups in total. The summed E-state index contributed by atoms with van der Waals surface area (Å²) in [5.74, 6) is -0.318. The number of rotatable bonds is 2. The van der Waals surface area contributed by atoms with Crippen molar-refractivity contribution in [3.63, 3.8) is 0 Å². The fourth-order valence-corrected chi connectivity index (χ4v) is 5.40. The highest BCUT2D eigenvalue weighted by molar-refractivity contribution is 6.35. The summed E-state index contributed by atoms with van der Waals surface area (Å²) in [6.07, 6.45) is 1.60. The molecule has 1 atom stereocenters. The summed E-state index contributed by atoms with van der Waals surface area (Å²) < 4.78 is 26.6. The molecule has 4 heterocycles. The molecule has 1 spiro atoms. The number of aromatic hydroxyl groups is 1. The van der Waals surface area contributed by atoms with Crippen molar-refractivity contribution in [2.45, 2.75) is 31.0 Å². The van der Waals surface area contributed by atoms with E-state index in [1.807, 2.05) is 0 Å². The Hall–Kier alpha value is -2.46. The molecule has 0 bridgehead atoms. The molecule has 4 aliphatic rings. The number of ether oxygens (including phenoxy) is 2. The van der Waals surface area contributed by atoms with Crippen molar-refractivity contribution >= 4 is 23.3 Å². The Morgan fingerprint density at radius 2 is 2.18 bits per heavy atom. The molecule has 1 amide bonds. The van der Waals surface area contributed by atoms with Crippen molar-refractivity contribution in [2.24, 2.45) is 0 Å². The Bertz CT molecular complexity index is 1120. The minimum absolute atomic E-state index is 0.0434. The summed E-state index contributed by atoms with van der Waals surface area (Å²) in [5, 5.41) is 14.0. The van der Waals surface area contributed by atoms with Gasteiger partial charge in [-0.2, -0.15) is 0 Å². The van der Waals surface area contributed by atoms with Gasteiger partial charge in [0.2, 0.25) is 0 Å². The van der Waals surface area contributed by atoms with E-state index in [1.54, 1.807) is 4.90 Å². The number of anilines is 1. The standard InChI is InChI=1S/C23H24ClFN4O4/c24-19-20(18-15(25)2-1-3-16(18)30)27-22(29-17(31)11-32-12-23(29)4-5-23)14-9-28-7-6-26-8-13(28)10-33-21(14)19/h1-3,13,26,30H,4-12H2/t13-/m1/s1. The summed E-state index contributed by atoms with van der Waals surface area (Å²) in [6, 6.07) is 4.18. The lowest BCUT2D eigenvalue weighted by Crippen LogP contribution is -2.53. The highest BCUT2D eigenvalue weighted by atomic mass is 35.5. The van der Waals surface area contributed by atoms with Gasteiger partial charge in [0.15, 0.2) is 0 Å². The van der Waals surface area contributed by atoms with Gasteiger partial charge in [0, 0.05) is 26.2 Å². The summed E-state index contributed by atoms with van der Waals surface area (Å²) in [4.78, 5) is 21.9. The van der Waals surface area contributed by atoms with E-state index in [9.17, 15) is 14.3 Å². The van der Waals surface area contributed by atoms with Gasteiger partial charge in [0.05, 0.1) is 29.3 Å². The number of halogens is 2. The van der Waals surface area contributed by atoms with Crippen molar-refractivity contribution < 1.29 is 23.8 Å². The number of nitrogens with one attached hydrogen (secondary N) is 1. The molecule has 3 fully saturated rings. The second-order valence-electron chi connectivity index (χ2n) is 9.13. The number of pyridine rings is 1. The Balaban J connectivity index is 1.58. The van der Waals surface area contributed by atoms with Gasteiger partial charge < -0.3 is 19.9 Å². The van der Waals surface area contributed by atoms with E-state index >= 15 is 0 Å². The Morgan fingerprint density at radius 3 is 2.97 bits per heavy atom. The molecular weight excluding hydrogens is 451 g/mol. The van der Waals surface area contributed by atoms with Crippen LogP contribution in [-0.2, 0) is 16.1 Å². The predicted molar refractivity (Wildman–Crippen MR) is 119 cm³/mol. The predicted octanol–water partition coefficient (Wildman–Crippen LogP) is 2.31. The van der Waals surface area contributed by atoms with Crippen LogP contribution in [0.3, 0.4) is 0 Å². The first-order valence-corrected chi connectivity index (χ1v) is 11.5. The number of morpholine rings is 1. The van der Waals surface area contributed by atoms with Gasteiger partial charge in [-0.1, -0.05) is 17.7 Å². The molecule has 10 heteroatoms. The monoisotopic (exact) mass is 474 g/mol. The maximum absolute atomic E-state index is 14.9. The van der Waals surface area contributed by atoms with Gasteiger partial charge in [-0.15, -0.1) is 0 Å². The Kier molecular flexibility index (Phi) is 4.99. The quantitative estimate of drug-likeness (QED) is 0.690. The maximum Gasteiger partial charge on any atom is 0.254 e. The van der Waals surface area contributed by atoms with Gasteiger partial charge in [-0.3, -0.25) is 14.6 Å². The molecule has 2 aromatic rings. The molecule has 3 aliphatic heterocycles. The SMILES string of the molecule is O=C1COCC2(CC2)N1c1nc(-c2c(O)cccc2F)c(Cl)c2c1CN1CCNC[C@@H]1CO2. The molecule has 2 saturated heterocycles. The number of phenolic OH excluding ortho intramolecular Hbond substituents is 1. The van der Waals surface area contributed by atoms with E-state index in [1.165, 1.54) is 18.2 Å². The maximum atomic E-state index is 14.9. The van der Waals surface area contributed by atoms with Gasteiger partial charge in [-0.25, -0.2) is 9.37 Å². The second kappa shape index (κ2) is 7.80. The lowest BCUT2D eigenvalue weighted by Gasteiger charge is -2.37. The molecule has 6 rings (SSSR count). The Morgan fingerprint density at radius 1 is 1.33 bits per heavy atom. The number of amides is 1. The molecule has 0 radical (unpaired) electrons.